The first-order valence-electron chi connectivity index (χ1n) is 8.99. The number of nitrogens with zero attached hydrogens (tertiary/aromatic N) is 1. The van der Waals surface area contributed by atoms with Crippen molar-refractivity contribution in [1.82, 2.24) is 10.2 Å². The molecule has 0 spiro atoms. The summed E-state index contributed by atoms with van der Waals surface area (Å²) in [6.07, 6.45) is -2.01. The van der Waals surface area contributed by atoms with Crippen molar-refractivity contribution < 1.29 is 28.0 Å². The number of fused-ring (bicyclic) bond motifs is 1. The number of hydrogen-bond donors (Lipinski definition) is 1. The Labute approximate surface area is 163 Å². The highest BCUT2D eigenvalue weighted by Crippen LogP contribution is 2.41. The van der Waals surface area contributed by atoms with Crippen LogP contribution in [0.4, 0.5) is 4.39 Å². The minimum atomic E-state index is -3.01. The highest BCUT2D eigenvalue weighted by Gasteiger charge is 2.60. The van der Waals surface area contributed by atoms with Crippen LogP contribution in [0.1, 0.15) is 47.9 Å². The summed E-state index contributed by atoms with van der Waals surface area (Å²) in [6, 6.07) is 5.89. The topological polar surface area (TPSA) is 92.8 Å². The minimum Gasteiger partial charge on any atom is -0.405 e. The smallest absolute Gasteiger partial charge is 0.286 e. The lowest BCUT2D eigenvalue weighted by atomic mass is 9.99. The van der Waals surface area contributed by atoms with Gasteiger partial charge in [0.2, 0.25) is 0 Å². The molecule has 1 aromatic rings. The molecule has 0 radical (unpaired) electrons. The van der Waals surface area contributed by atoms with Crippen molar-refractivity contribution in [2.75, 3.05) is 0 Å². The number of amides is 4. The van der Waals surface area contributed by atoms with Crippen LogP contribution in [0.2, 0.25) is 18.1 Å². The van der Waals surface area contributed by atoms with E-state index in [-0.39, 0.29) is 16.2 Å². The van der Waals surface area contributed by atoms with Crippen molar-refractivity contribution in [3.05, 3.63) is 35.4 Å². The first kappa shape index (κ1) is 20.3. The molecule has 0 bridgehead atoms. The molecule has 0 saturated carbocycles. The SMILES string of the molecule is CC(C)(C)[Si](C)(C)O[C@@H]1C[C@@](F)(N2C(=O)c3ccccc3C2=O)C(=O)NC1=O. The molecule has 0 aliphatic carbocycles. The highest BCUT2D eigenvalue weighted by atomic mass is 28.4. The van der Waals surface area contributed by atoms with Crippen LogP contribution in [-0.4, -0.2) is 48.7 Å². The van der Waals surface area contributed by atoms with E-state index in [2.05, 4.69) is 0 Å². The van der Waals surface area contributed by atoms with E-state index in [0.29, 0.717) is 4.90 Å². The van der Waals surface area contributed by atoms with Crippen LogP contribution in [-0.2, 0) is 14.0 Å². The molecule has 2 heterocycles. The highest BCUT2D eigenvalue weighted by molar-refractivity contribution is 6.74. The van der Waals surface area contributed by atoms with Crippen molar-refractivity contribution in [3.8, 4) is 0 Å². The molecule has 2 aliphatic rings. The van der Waals surface area contributed by atoms with Gasteiger partial charge < -0.3 is 4.43 Å². The van der Waals surface area contributed by atoms with Crippen LogP contribution in [0.15, 0.2) is 24.3 Å². The van der Waals surface area contributed by atoms with Gasteiger partial charge in [0.25, 0.3) is 29.4 Å². The molecule has 1 saturated heterocycles. The van der Waals surface area contributed by atoms with Gasteiger partial charge in [-0.25, -0.2) is 9.29 Å². The normalized spacial score (nSPS) is 25.8. The summed E-state index contributed by atoms with van der Waals surface area (Å²) < 4.78 is 21.9. The largest absolute Gasteiger partial charge is 0.405 e. The molecular formula is C19H23FN2O5Si. The third kappa shape index (κ3) is 2.98. The average Bonchev–Trinajstić information content (AvgIpc) is 2.83. The Hall–Kier alpha value is -2.39. The van der Waals surface area contributed by atoms with Gasteiger partial charge in [0.05, 0.1) is 11.1 Å². The number of imide groups is 2. The second kappa shape index (κ2) is 6.31. The van der Waals surface area contributed by atoms with Gasteiger partial charge >= 0.3 is 0 Å². The van der Waals surface area contributed by atoms with Gasteiger partial charge in [0, 0.05) is 6.42 Å². The minimum absolute atomic E-state index is 0.0242. The lowest BCUT2D eigenvalue weighted by Crippen LogP contribution is -2.67. The first-order valence-corrected chi connectivity index (χ1v) is 11.9. The molecule has 4 amide bonds. The second-order valence-corrected chi connectivity index (χ2v) is 13.4. The van der Waals surface area contributed by atoms with E-state index in [1.807, 2.05) is 39.2 Å². The number of rotatable bonds is 3. The standard InChI is InChI=1S/C19H23FN2O5Si/c1-18(2,3)28(4,5)27-13-10-19(20,17(26)21-14(13)23)22-15(24)11-8-6-7-9-12(11)16(22)25/h6-9,13H,10H2,1-5H3,(H,21,23,26)/t13-,19-/m1/s1. The Morgan fingerprint density at radius 1 is 1.11 bits per heavy atom. The number of halogens is 1. The van der Waals surface area contributed by atoms with E-state index in [4.69, 9.17) is 4.43 Å². The molecule has 3 rings (SSSR count). The van der Waals surface area contributed by atoms with Crippen LogP contribution in [0.5, 0.6) is 0 Å². The molecule has 28 heavy (non-hydrogen) atoms. The van der Waals surface area contributed by atoms with Crippen LogP contribution in [0.3, 0.4) is 0 Å². The second-order valence-electron chi connectivity index (χ2n) is 8.64. The summed E-state index contributed by atoms with van der Waals surface area (Å²) in [5, 5.41) is 1.68. The van der Waals surface area contributed by atoms with E-state index >= 15 is 4.39 Å². The van der Waals surface area contributed by atoms with Gasteiger partial charge in [-0.15, -0.1) is 0 Å². The predicted octanol–water partition coefficient (Wildman–Crippen LogP) is 2.39. The van der Waals surface area contributed by atoms with Gasteiger partial charge in [-0.2, -0.15) is 0 Å². The maximum absolute atomic E-state index is 15.9. The number of hydrogen-bond acceptors (Lipinski definition) is 5. The van der Waals surface area contributed by atoms with Crippen LogP contribution in [0.25, 0.3) is 0 Å². The fraction of sp³-hybridized carbons (Fsp3) is 0.474. The number of nitrogens with one attached hydrogen (secondary N) is 1. The van der Waals surface area contributed by atoms with E-state index in [1.165, 1.54) is 12.1 Å². The first-order chi connectivity index (χ1) is 12.8. The van der Waals surface area contributed by atoms with E-state index < -0.39 is 50.3 Å². The van der Waals surface area contributed by atoms with Gasteiger partial charge in [0.1, 0.15) is 6.10 Å². The van der Waals surface area contributed by atoms with Crippen molar-refractivity contribution in [3.63, 3.8) is 0 Å². The summed E-state index contributed by atoms with van der Waals surface area (Å²) in [4.78, 5) is 50.3. The summed E-state index contributed by atoms with van der Waals surface area (Å²) >= 11 is 0. The van der Waals surface area contributed by atoms with Crippen LogP contribution >= 0.6 is 0 Å². The number of carbonyl (C=O) groups excluding carboxylic acids is 4. The third-order valence-corrected chi connectivity index (χ3v) is 10.2. The average molecular weight is 406 g/mol. The molecule has 2 aliphatic heterocycles. The van der Waals surface area contributed by atoms with Crippen molar-refractivity contribution in [2.24, 2.45) is 0 Å². The molecule has 0 aromatic heterocycles. The zero-order valence-electron chi connectivity index (χ0n) is 16.5. The Balaban J connectivity index is 1.95. The summed E-state index contributed by atoms with van der Waals surface area (Å²) in [7, 11) is -2.48. The summed E-state index contributed by atoms with van der Waals surface area (Å²) in [5.41, 5.74) is 0.0483. The quantitative estimate of drug-likeness (QED) is 0.473. The Morgan fingerprint density at radius 2 is 1.61 bits per heavy atom. The van der Waals surface area contributed by atoms with Crippen LogP contribution in [0, 0.1) is 0 Å². The zero-order valence-corrected chi connectivity index (χ0v) is 17.5. The maximum atomic E-state index is 15.9. The predicted molar refractivity (Wildman–Crippen MR) is 101 cm³/mol. The van der Waals surface area contributed by atoms with E-state index in [9.17, 15) is 19.2 Å². The fourth-order valence-electron chi connectivity index (χ4n) is 3.05. The fourth-order valence-corrected chi connectivity index (χ4v) is 4.31. The zero-order chi connectivity index (χ0) is 21.1. The van der Waals surface area contributed by atoms with Gasteiger partial charge in [-0.05, 0) is 30.3 Å². The Bertz CT molecular complexity index is 860. The summed E-state index contributed by atoms with van der Waals surface area (Å²) in [6.45, 7) is 9.64. The lowest BCUT2D eigenvalue weighted by molar-refractivity contribution is -0.159. The number of carbonyl (C=O) groups is 4. The maximum Gasteiger partial charge on any atom is 0.286 e. The molecular weight excluding hydrogens is 383 g/mol. The van der Waals surface area contributed by atoms with Crippen molar-refractivity contribution in [1.29, 1.82) is 0 Å². The molecule has 7 nitrogen and oxygen atoms in total. The molecule has 9 heteroatoms. The number of alkyl halides is 1. The van der Waals surface area contributed by atoms with Crippen molar-refractivity contribution in [2.45, 2.75) is 57.2 Å². The Kier molecular flexibility index (Phi) is 4.59. The lowest BCUT2D eigenvalue weighted by Gasteiger charge is -2.43. The molecule has 0 unspecified atom stereocenters. The summed E-state index contributed by atoms with van der Waals surface area (Å²) in [5.74, 6) is -6.91. The van der Waals surface area contributed by atoms with E-state index in [1.54, 1.807) is 12.1 Å². The molecule has 2 atom stereocenters. The molecule has 1 N–H and O–H groups in total. The third-order valence-electron chi connectivity index (χ3n) is 5.72. The number of benzene rings is 1. The van der Waals surface area contributed by atoms with Gasteiger partial charge in [0.15, 0.2) is 8.32 Å². The van der Waals surface area contributed by atoms with Gasteiger partial charge in [-0.3, -0.25) is 24.5 Å². The monoisotopic (exact) mass is 406 g/mol. The van der Waals surface area contributed by atoms with Crippen molar-refractivity contribution >= 4 is 31.9 Å². The van der Waals surface area contributed by atoms with Crippen LogP contribution < -0.4 is 5.32 Å². The van der Waals surface area contributed by atoms with Gasteiger partial charge in [-0.1, -0.05) is 32.9 Å². The Morgan fingerprint density at radius 3 is 2.07 bits per heavy atom. The number of piperidine rings is 1. The molecule has 1 aromatic carbocycles. The van der Waals surface area contributed by atoms with E-state index in [0.717, 1.165) is 0 Å². The molecule has 1 fully saturated rings. The molecule has 150 valence electrons.